The predicted molar refractivity (Wildman–Crippen MR) is 154 cm³/mol. The van der Waals surface area contributed by atoms with Crippen LogP contribution in [0.15, 0.2) is 60.8 Å². The van der Waals surface area contributed by atoms with Gasteiger partial charge in [0.05, 0.1) is 6.04 Å². The first-order valence-electron chi connectivity index (χ1n) is 13.9. The van der Waals surface area contributed by atoms with Crippen molar-refractivity contribution < 1.29 is 19.5 Å². The molecule has 0 aliphatic heterocycles. The summed E-state index contributed by atoms with van der Waals surface area (Å²) in [5.41, 5.74) is 2.77. The van der Waals surface area contributed by atoms with Crippen molar-refractivity contribution in [1.29, 1.82) is 0 Å². The Morgan fingerprint density at radius 3 is 2.28 bits per heavy atom. The zero-order valence-corrected chi connectivity index (χ0v) is 23.2. The largest absolute Gasteiger partial charge is 0.480 e. The van der Waals surface area contributed by atoms with E-state index in [0.29, 0.717) is 19.4 Å². The standard InChI is InChI=1S/C31H42N4O4/c1-4-5-11-16-32-29(36)26(18-22-12-7-6-8-13-22)35-30(37)27(34-28(31(38)39)17-21(2)3)19-23-20-33-25-15-10-9-14-24(23)25/h6-10,12-15,20-21,26-28,33-34H,4-5,11,16-19H2,1-3H3,(H,32,36)(H,35,37)(H,38,39)/t26-,27-,28?/m0/s1. The monoisotopic (exact) mass is 534 g/mol. The third-order valence-corrected chi connectivity index (χ3v) is 6.82. The van der Waals surface area contributed by atoms with Crippen LogP contribution in [0.5, 0.6) is 0 Å². The molecule has 3 aromatic rings. The molecule has 0 bridgehead atoms. The van der Waals surface area contributed by atoms with Gasteiger partial charge in [0.2, 0.25) is 11.8 Å². The molecular weight excluding hydrogens is 492 g/mol. The number of benzene rings is 2. The number of carbonyl (C=O) groups is 3. The van der Waals surface area contributed by atoms with E-state index in [0.717, 1.165) is 41.3 Å². The third-order valence-electron chi connectivity index (χ3n) is 6.82. The molecule has 0 saturated carbocycles. The van der Waals surface area contributed by atoms with E-state index in [1.54, 1.807) is 0 Å². The highest BCUT2D eigenvalue weighted by Crippen LogP contribution is 2.20. The van der Waals surface area contributed by atoms with Gasteiger partial charge in [0.1, 0.15) is 12.1 Å². The fourth-order valence-electron chi connectivity index (χ4n) is 4.74. The van der Waals surface area contributed by atoms with E-state index in [9.17, 15) is 19.5 Å². The van der Waals surface area contributed by atoms with Crippen LogP contribution in [0.1, 0.15) is 57.6 Å². The summed E-state index contributed by atoms with van der Waals surface area (Å²) in [7, 11) is 0. The molecule has 0 fully saturated rings. The lowest BCUT2D eigenvalue weighted by atomic mass is 9.99. The number of nitrogens with one attached hydrogen (secondary N) is 4. The molecule has 2 amide bonds. The van der Waals surface area contributed by atoms with Crippen molar-refractivity contribution in [2.75, 3.05) is 6.54 Å². The van der Waals surface area contributed by atoms with Gasteiger partial charge in [0.25, 0.3) is 0 Å². The van der Waals surface area contributed by atoms with Gasteiger partial charge in [-0.05, 0) is 42.4 Å². The first-order chi connectivity index (χ1) is 18.8. The number of hydrogen-bond donors (Lipinski definition) is 5. The van der Waals surface area contributed by atoms with Gasteiger partial charge in [-0.15, -0.1) is 0 Å². The van der Waals surface area contributed by atoms with Crippen LogP contribution in [0.2, 0.25) is 0 Å². The van der Waals surface area contributed by atoms with Crippen molar-refractivity contribution in [3.05, 3.63) is 71.9 Å². The summed E-state index contributed by atoms with van der Waals surface area (Å²) in [5, 5.41) is 19.9. The molecule has 0 radical (unpaired) electrons. The van der Waals surface area contributed by atoms with E-state index in [1.165, 1.54) is 0 Å². The fourth-order valence-corrected chi connectivity index (χ4v) is 4.74. The summed E-state index contributed by atoms with van der Waals surface area (Å²) < 4.78 is 0. The first-order valence-corrected chi connectivity index (χ1v) is 13.9. The van der Waals surface area contributed by atoms with E-state index in [4.69, 9.17) is 0 Å². The molecule has 2 aromatic carbocycles. The van der Waals surface area contributed by atoms with Crippen LogP contribution in [0.25, 0.3) is 10.9 Å². The lowest BCUT2D eigenvalue weighted by Crippen LogP contribution is -2.57. The van der Waals surface area contributed by atoms with Gasteiger partial charge in [-0.25, -0.2) is 0 Å². The van der Waals surface area contributed by atoms with Crippen molar-refractivity contribution in [3.8, 4) is 0 Å². The highest BCUT2D eigenvalue weighted by molar-refractivity contribution is 5.91. The Morgan fingerprint density at radius 1 is 0.872 bits per heavy atom. The average Bonchev–Trinajstić information content (AvgIpc) is 3.32. The van der Waals surface area contributed by atoms with E-state index in [2.05, 4.69) is 27.9 Å². The number of aliphatic carboxylic acids is 1. The van der Waals surface area contributed by atoms with E-state index in [1.807, 2.05) is 74.6 Å². The molecule has 1 heterocycles. The Kier molecular flexibility index (Phi) is 11.6. The van der Waals surface area contributed by atoms with Gasteiger partial charge in [-0.1, -0.05) is 82.1 Å². The molecule has 0 saturated heterocycles. The van der Waals surface area contributed by atoms with Crippen LogP contribution in [-0.4, -0.2) is 52.5 Å². The number of carbonyl (C=O) groups excluding carboxylic acids is 2. The van der Waals surface area contributed by atoms with Crippen molar-refractivity contribution in [2.24, 2.45) is 5.92 Å². The second-order valence-corrected chi connectivity index (χ2v) is 10.6. The minimum atomic E-state index is -1.00. The number of carboxylic acid groups (broad SMARTS) is 1. The number of carboxylic acids is 1. The molecule has 0 aliphatic carbocycles. The van der Waals surface area contributed by atoms with Crippen molar-refractivity contribution >= 4 is 28.7 Å². The summed E-state index contributed by atoms with van der Waals surface area (Å²) in [6, 6.07) is 14.8. The van der Waals surface area contributed by atoms with Gasteiger partial charge < -0.3 is 20.7 Å². The van der Waals surface area contributed by atoms with E-state index in [-0.39, 0.29) is 18.2 Å². The van der Waals surface area contributed by atoms with Gasteiger partial charge in [-0.2, -0.15) is 0 Å². The Morgan fingerprint density at radius 2 is 1.59 bits per heavy atom. The zero-order valence-electron chi connectivity index (χ0n) is 23.2. The quantitative estimate of drug-likeness (QED) is 0.176. The van der Waals surface area contributed by atoms with E-state index >= 15 is 0 Å². The highest BCUT2D eigenvalue weighted by Gasteiger charge is 2.30. The van der Waals surface area contributed by atoms with Crippen LogP contribution in [-0.2, 0) is 27.2 Å². The van der Waals surface area contributed by atoms with Crippen molar-refractivity contribution in [3.63, 3.8) is 0 Å². The molecule has 39 heavy (non-hydrogen) atoms. The van der Waals surface area contributed by atoms with Crippen molar-refractivity contribution in [1.82, 2.24) is 20.9 Å². The Labute approximate surface area is 231 Å². The third kappa shape index (κ3) is 9.25. The van der Waals surface area contributed by atoms with Crippen LogP contribution in [0.3, 0.4) is 0 Å². The molecule has 8 nitrogen and oxygen atoms in total. The second kappa shape index (κ2) is 15.1. The average molecular weight is 535 g/mol. The normalized spacial score (nSPS) is 13.6. The molecular formula is C31H42N4O4. The Bertz CT molecular complexity index is 1210. The number of para-hydroxylation sites is 1. The number of unbranched alkanes of at least 4 members (excludes halogenated alkanes) is 2. The molecule has 1 aromatic heterocycles. The maximum atomic E-state index is 13.8. The minimum Gasteiger partial charge on any atom is -0.480 e. The lowest BCUT2D eigenvalue weighted by Gasteiger charge is -2.26. The van der Waals surface area contributed by atoms with Gasteiger partial charge >= 0.3 is 5.97 Å². The smallest absolute Gasteiger partial charge is 0.320 e. The van der Waals surface area contributed by atoms with Gasteiger partial charge in [-0.3, -0.25) is 19.7 Å². The van der Waals surface area contributed by atoms with Crippen LogP contribution in [0.4, 0.5) is 0 Å². The number of aromatic nitrogens is 1. The van der Waals surface area contributed by atoms with Crippen LogP contribution >= 0.6 is 0 Å². The summed E-state index contributed by atoms with van der Waals surface area (Å²) in [6.45, 7) is 6.54. The minimum absolute atomic E-state index is 0.120. The summed E-state index contributed by atoms with van der Waals surface area (Å²) >= 11 is 0. The number of hydrogen-bond acceptors (Lipinski definition) is 4. The molecule has 210 valence electrons. The number of rotatable bonds is 16. The topological polar surface area (TPSA) is 123 Å². The maximum absolute atomic E-state index is 13.8. The van der Waals surface area contributed by atoms with Gasteiger partial charge in [0.15, 0.2) is 0 Å². The molecule has 1 unspecified atom stereocenters. The molecule has 5 N–H and O–H groups in total. The molecule has 0 aliphatic rings. The molecule has 8 heteroatoms. The molecule has 3 atom stereocenters. The number of aromatic amines is 1. The molecule has 0 spiro atoms. The number of H-pyrrole nitrogens is 1. The zero-order chi connectivity index (χ0) is 28.2. The molecule has 3 rings (SSSR count). The number of amides is 2. The Hall–Kier alpha value is -3.65. The summed E-state index contributed by atoms with van der Waals surface area (Å²) in [6.07, 6.45) is 5.76. The Balaban J connectivity index is 1.85. The van der Waals surface area contributed by atoms with Crippen LogP contribution in [0, 0.1) is 5.92 Å². The maximum Gasteiger partial charge on any atom is 0.320 e. The SMILES string of the molecule is CCCCCNC(=O)[C@H](Cc1ccccc1)NC(=O)[C@H](Cc1c[nH]c2ccccc12)NC(CC(C)C)C(=O)O. The van der Waals surface area contributed by atoms with Crippen LogP contribution < -0.4 is 16.0 Å². The number of fused-ring (bicyclic) bond motifs is 1. The lowest BCUT2D eigenvalue weighted by molar-refractivity contribution is -0.140. The van der Waals surface area contributed by atoms with Gasteiger partial charge in [0, 0.05) is 30.1 Å². The van der Waals surface area contributed by atoms with E-state index < -0.39 is 30.0 Å². The first kappa shape index (κ1) is 29.9. The highest BCUT2D eigenvalue weighted by atomic mass is 16.4. The summed E-state index contributed by atoms with van der Waals surface area (Å²) in [5.74, 6) is -1.53. The van der Waals surface area contributed by atoms with Crippen molar-refractivity contribution in [2.45, 2.75) is 77.4 Å². The predicted octanol–water partition coefficient (Wildman–Crippen LogP) is 4.20. The second-order valence-electron chi connectivity index (χ2n) is 10.6. The summed E-state index contributed by atoms with van der Waals surface area (Å²) in [4.78, 5) is 42.3. The fraction of sp³-hybridized carbons (Fsp3) is 0.452.